The van der Waals surface area contributed by atoms with Crippen molar-refractivity contribution in [3.05, 3.63) is 182 Å². The van der Waals surface area contributed by atoms with E-state index in [1.165, 1.54) is 21.8 Å². The second kappa shape index (κ2) is 12.2. The fraction of sp³-hybridized carbons (Fsp3) is 0. The predicted molar refractivity (Wildman–Crippen MR) is 201 cm³/mol. The van der Waals surface area contributed by atoms with E-state index in [2.05, 4.69) is 150 Å². The lowest BCUT2D eigenvalue weighted by atomic mass is 9.98. The summed E-state index contributed by atoms with van der Waals surface area (Å²) >= 11 is 0. The van der Waals surface area contributed by atoms with E-state index in [4.69, 9.17) is 15.0 Å². The van der Waals surface area contributed by atoms with Gasteiger partial charge >= 0.3 is 0 Å². The minimum atomic E-state index is 0.631. The maximum atomic E-state index is 5.15. The van der Waals surface area contributed by atoms with Crippen molar-refractivity contribution in [3.8, 4) is 62.1 Å². The third-order valence-corrected chi connectivity index (χ3v) is 9.06. The van der Waals surface area contributed by atoms with Gasteiger partial charge in [0.2, 0.25) is 0 Å². The number of hydrogen-bond donors (Lipinski definition) is 0. The summed E-state index contributed by atoms with van der Waals surface area (Å²) < 4.78 is 2.35. The molecule has 2 aromatic heterocycles. The molecule has 0 aliphatic rings. The van der Waals surface area contributed by atoms with Gasteiger partial charge in [-0.25, -0.2) is 15.0 Å². The van der Waals surface area contributed by atoms with Gasteiger partial charge in [0.15, 0.2) is 17.5 Å². The standard InChI is InChI=1S/C45H30N4/c1-3-15-31(16-4-1)33-19-13-21-35(29-33)44-46-43(32-17-5-2-6-18-32)47-45(48-44)40-26-8-7-23-37(40)34-20-14-22-36(30-34)49-41-27-11-9-24-38(41)39-25-10-12-28-42(39)49/h1-30H. The van der Waals surface area contributed by atoms with E-state index >= 15 is 0 Å². The quantitative estimate of drug-likeness (QED) is 0.184. The Morgan fingerprint density at radius 3 is 1.51 bits per heavy atom. The molecule has 0 radical (unpaired) electrons. The molecule has 0 aliphatic heterocycles. The number of para-hydroxylation sites is 2. The van der Waals surface area contributed by atoms with E-state index in [-0.39, 0.29) is 0 Å². The molecule has 49 heavy (non-hydrogen) atoms. The number of aromatic nitrogens is 4. The van der Waals surface area contributed by atoms with Crippen molar-refractivity contribution < 1.29 is 0 Å². The number of rotatable bonds is 6. The number of nitrogens with zero attached hydrogens (tertiary/aromatic N) is 4. The first-order valence-corrected chi connectivity index (χ1v) is 16.5. The van der Waals surface area contributed by atoms with Crippen LogP contribution in [0.1, 0.15) is 0 Å². The van der Waals surface area contributed by atoms with Crippen molar-refractivity contribution in [2.24, 2.45) is 0 Å². The highest BCUT2D eigenvalue weighted by molar-refractivity contribution is 6.09. The first-order chi connectivity index (χ1) is 24.3. The molecule has 4 nitrogen and oxygen atoms in total. The Morgan fingerprint density at radius 2 is 0.796 bits per heavy atom. The zero-order valence-electron chi connectivity index (χ0n) is 26.6. The average Bonchev–Trinajstić information content (AvgIpc) is 3.53. The summed E-state index contributed by atoms with van der Waals surface area (Å²) in [5.41, 5.74) is 10.7. The topological polar surface area (TPSA) is 43.6 Å². The Hall–Kier alpha value is -6.65. The van der Waals surface area contributed by atoms with Crippen LogP contribution < -0.4 is 0 Å². The largest absolute Gasteiger partial charge is 0.309 e. The lowest BCUT2D eigenvalue weighted by Crippen LogP contribution is -2.01. The molecule has 0 bridgehead atoms. The first-order valence-electron chi connectivity index (χ1n) is 16.5. The van der Waals surface area contributed by atoms with Crippen LogP contribution in [-0.2, 0) is 0 Å². The lowest BCUT2D eigenvalue weighted by molar-refractivity contribution is 1.07. The Labute approximate surface area is 284 Å². The highest BCUT2D eigenvalue weighted by atomic mass is 15.0. The van der Waals surface area contributed by atoms with Crippen molar-refractivity contribution in [1.82, 2.24) is 19.5 Å². The summed E-state index contributed by atoms with van der Waals surface area (Å²) in [5, 5.41) is 2.48. The van der Waals surface area contributed by atoms with Gasteiger partial charge in [-0.1, -0.05) is 152 Å². The molecule has 7 aromatic carbocycles. The van der Waals surface area contributed by atoms with Crippen LogP contribution in [0.25, 0.3) is 83.9 Å². The fourth-order valence-corrected chi connectivity index (χ4v) is 6.75. The van der Waals surface area contributed by atoms with E-state index < -0.39 is 0 Å². The highest BCUT2D eigenvalue weighted by Gasteiger charge is 2.17. The van der Waals surface area contributed by atoms with Gasteiger partial charge in [-0.3, -0.25) is 0 Å². The molecular formula is C45H30N4. The maximum Gasteiger partial charge on any atom is 0.164 e. The number of hydrogen-bond acceptors (Lipinski definition) is 3. The van der Waals surface area contributed by atoms with Crippen molar-refractivity contribution in [3.63, 3.8) is 0 Å². The van der Waals surface area contributed by atoms with Crippen molar-refractivity contribution >= 4 is 21.8 Å². The molecule has 0 aliphatic carbocycles. The molecule has 0 fully saturated rings. The monoisotopic (exact) mass is 626 g/mol. The minimum absolute atomic E-state index is 0.631. The molecular weight excluding hydrogens is 597 g/mol. The first kappa shape index (κ1) is 28.6. The van der Waals surface area contributed by atoms with Crippen molar-refractivity contribution in [1.29, 1.82) is 0 Å². The second-order valence-corrected chi connectivity index (χ2v) is 12.1. The molecule has 4 heteroatoms. The maximum absolute atomic E-state index is 5.15. The molecule has 2 heterocycles. The van der Waals surface area contributed by atoms with Gasteiger partial charge < -0.3 is 4.57 Å². The van der Waals surface area contributed by atoms with Crippen molar-refractivity contribution in [2.75, 3.05) is 0 Å². The fourth-order valence-electron chi connectivity index (χ4n) is 6.75. The Kier molecular flexibility index (Phi) is 7.10. The van der Waals surface area contributed by atoms with Gasteiger partial charge in [-0.2, -0.15) is 0 Å². The lowest BCUT2D eigenvalue weighted by Gasteiger charge is -2.14. The summed E-state index contributed by atoms with van der Waals surface area (Å²) in [6.07, 6.45) is 0. The average molecular weight is 627 g/mol. The SMILES string of the molecule is c1ccc(-c2cccc(-c3nc(-c4ccccc4)nc(-c4ccccc4-c4cccc(-n5c6ccccc6c6ccccc65)c4)n3)c2)cc1. The van der Waals surface area contributed by atoms with Gasteiger partial charge in [0, 0.05) is 33.2 Å². The van der Waals surface area contributed by atoms with Gasteiger partial charge in [-0.15, -0.1) is 0 Å². The van der Waals surface area contributed by atoms with E-state index in [0.29, 0.717) is 17.5 Å². The molecule has 0 unspecified atom stereocenters. The van der Waals surface area contributed by atoms with Gasteiger partial charge in [0.25, 0.3) is 0 Å². The minimum Gasteiger partial charge on any atom is -0.309 e. The third-order valence-electron chi connectivity index (χ3n) is 9.06. The van der Waals surface area contributed by atoms with Gasteiger partial charge in [0.05, 0.1) is 11.0 Å². The van der Waals surface area contributed by atoms with E-state index in [1.807, 2.05) is 36.4 Å². The van der Waals surface area contributed by atoms with E-state index in [0.717, 1.165) is 44.6 Å². The molecule has 9 aromatic rings. The van der Waals surface area contributed by atoms with Crippen molar-refractivity contribution in [2.45, 2.75) is 0 Å². The zero-order chi connectivity index (χ0) is 32.6. The third kappa shape index (κ3) is 5.26. The molecule has 0 atom stereocenters. The van der Waals surface area contributed by atoms with Gasteiger partial charge in [0.1, 0.15) is 0 Å². The molecule has 0 saturated carbocycles. The molecule has 9 rings (SSSR count). The molecule has 230 valence electrons. The molecule has 0 saturated heterocycles. The highest BCUT2D eigenvalue weighted by Crippen LogP contribution is 2.36. The van der Waals surface area contributed by atoms with E-state index in [9.17, 15) is 0 Å². The van der Waals surface area contributed by atoms with Crippen LogP contribution in [0.5, 0.6) is 0 Å². The van der Waals surface area contributed by atoms with Crippen LogP contribution in [0.3, 0.4) is 0 Å². The number of fused-ring (bicyclic) bond motifs is 3. The molecule has 0 amide bonds. The van der Waals surface area contributed by atoms with Gasteiger partial charge in [-0.05, 0) is 52.6 Å². The van der Waals surface area contributed by atoms with Crippen LogP contribution in [0.4, 0.5) is 0 Å². The summed E-state index contributed by atoms with van der Waals surface area (Å²) in [6.45, 7) is 0. The van der Waals surface area contributed by atoms with Crippen LogP contribution in [0, 0.1) is 0 Å². The van der Waals surface area contributed by atoms with Crippen LogP contribution in [0.15, 0.2) is 182 Å². The smallest absolute Gasteiger partial charge is 0.164 e. The Bertz CT molecular complexity index is 2550. The molecule has 0 spiro atoms. The second-order valence-electron chi connectivity index (χ2n) is 12.1. The molecule has 0 N–H and O–H groups in total. The summed E-state index contributed by atoms with van der Waals surface area (Å²) in [7, 11) is 0. The Morgan fingerprint density at radius 1 is 0.306 bits per heavy atom. The summed E-state index contributed by atoms with van der Waals surface area (Å²) in [6, 6.07) is 63.3. The zero-order valence-corrected chi connectivity index (χ0v) is 26.6. The van der Waals surface area contributed by atoms with E-state index in [1.54, 1.807) is 0 Å². The summed E-state index contributed by atoms with van der Waals surface area (Å²) in [5.74, 6) is 1.90. The van der Waals surface area contributed by atoms with Crippen LogP contribution >= 0.6 is 0 Å². The number of benzene rings is 7. The normalized spacial score (nSPS) is 11.3. The Balaban J connectivity index is 1.21. The summed E-state index contributed by atoms with van der Waals surface area (Å²) in [4.78, 5) is 15.3. The van der Waals surface area contributed by atoms with Crippen LogP contribution in [-0.4, -0.2) is 19.5 Å². The predicted octanol–water partition coefficient (Wildman–Crippen LogP) is 11.3. The van der Waals surface area contributed by atoms with Crippen LogP contribution in [0.2, 0.25) is 0 Å².